The Morgan fingerprint density at radius 1 is 0.962 bits per heavy atom. The number of carbonyl (C=O) groups is 1. The molecule has 5 N–H and O–H groups in total. The van der Waals surface area contributed by atoms with Crippen LogP contribution in [0.2, 0.25) is 0 Å². The molecule has 0 aromatic carbocycles. The highest BCUT2D eigenvalue weighted by molar-refractivity contribution is 5.73. The minimum Gasteiger partial charge on any atom is -0.459 e. The zero-order valence-corrected chi connectivity index (χ0v) is 33.2. The highest BCUT2D eigenvalue weighted by Crippen LogP contribution is 2.55. The van der Waals surface area contributed by atoms with E-state index in [4.69, 9.17) is 33.2 Å². The van der Waals surface area contributed by atoms with E-state index in [0.29, 0.717) is 6.42 Å². The number of nitrogens with zero attached hydrogens (tertiary/aromatic N) is 1. The van der Waals surface area contributed by atoms with E-state index >= 15 is 4.39 Å². The SMILES string of the molecule is CC[C@H]1OC(=O)[C@H](C)[C@@H](OC2C[C@@](C)(OC)[C@@H](O)[C@H](C)O2)[C@H](C)[C@@H](O[C@@H]2O[C@H](C)C[C@H](N(C)C)[C@H]2O)[C@@]2(C)C[C@](C)(F)[C@](O)(O2)[C@H](C)[C@@H](O)[C@]1(C)O. The summed E-state index contributed by atoms with van der Waals surface area (Å²) in [4.78, 5) is 16.0. The van der Waals surface area contributed by atoms with Gasteiger partial charge in [0.1, 0.15) is 23.9 Å². The van der Waals surface area contributed by atoms with Gasteiger partial charge in [-0.15, -0.1) is 0 Å². The molecule has 0 aromatic heterocycles. The van der Waals surface area contributed by atoms with Crippen LogP contribution in [0, 0.1) is 17.8 Å². The van der Waals surface area contributed by atoms with Crippen molar-refractivity contribution < 1.29 is 67.9 Å². The number of aliphatic hydroxyl groups excluding tert-OH is 3. The van der Waals surface area contributed by atoms with E-state index in [1.54, 1.807) is 41.5 Å². The maximum absolute atomic E-state index is 17.1. The van der Waals surface area contributed by atoms with E-state index in [1.807, 2.05) is 25.9 Å². The number of esters is 1. The lowest BCUT2D eigenvalue weighted by atomic mass is 9.73. The number of halogens is 1. The molecule has 0 aromatic rings. The maximum atomic E-state index is 17.1. The Labute approximate surface area is 308 Å². The normalized spacial score (nSPS) is 53.9. The Morgan fingerprint density at radius 3 is 2.13 bits per heavy atom. The number of hydrogen-bond donors (Lipinski definition) is 5. The van der Waals surface area contributed by atoms with Crippen molar-refractivity contribution in [1.29, 1.82) is 0 Å². The second-order valence-electron chi connectivity index (χ2n) is 17.1. The Kier molecular flexibility index (Phi) is 13.0. The number of ether oxygens (including phenoxy) is 7. The minimum atomic E-state index is -2.67. The van der Waals surface area contributed by atoms with E-state index in [0.717, 1.165) is 0 Å². The molecule has 4 fully saturated rings. The average Bonchev–Trinajstić information content (AvgIpc) is 3.26. The quantitative estimate of drug-likeness (QED) is 0.238. The molecule has 4 aliphatic heterocycles. The number of methoxy groups -OCH3 is 1. The van der Waals surface area contributed by atoms with Gasteiger partial charge in [-0.2, -0.15) is 0 Å². The summed E-state index contributed by atoms with van der Waals surface area (Å²) in [6, 6.07) is -0.362. The van der Waals surface area contributed by atoms with E-state index in [-0.39, 0.29) is 25.0 Å². The first kappa shape index (κ1) is 43.6. The third kappa shape index (κ3) is 7.81. The van der Waals surface area contributed by atoms with Crippen molar-refractivity contribution in [1.82, 2.24) is 4.90 Å². The summed E-state index contributed by atoms with van der Waals surface area (Å²) >= 11 is 0. The third-order valence-corrected chi connectivity index (χ3v) is 12.6. The van der Waals surface area contributed by atoms with Crippen LogP contribution in [-0.4, -0.2) is 153 Å². The number of likely N-dealkylation sites (N-methyl/N-ethyl adjacent to an activating group) is 1. The Bertz CT molecular complexity index is 1240. The van der Waals surface area contributed by atoms with Crippen LogP contribution in [0.4, 0.5) is 4.39 Å². The van der Waals surface area contributed by atoms with E-state index < -0.39 is 114 Å². The second kappa shape index (κ2) is 15.5. The number of aliphatic hydroxyl groups is 5. The fourth-order valence-electron chi connectivity index (χ4n) is 9.18. The summed E-state index contributed by atoms with van der Waals surface area (Å²) in [6.07, 6.45) is -10.7. The fraction of sp³-hybridized carbons (Fsp3) is 0.973. The zero-order valence-electron chi connectivity index (χ0n) is 33.2. The van der Waals surface area contributed by atoms with Crippen LogP contribution >= 0.6 is 0 Å². The number of carbonyl (C=O) groups excluding carboxylic acids is 1. The van der Waals surface area contributed by atoms with Gasteiger partial charge in [-0.3, -0.25) is 4.79 Å². The minimum absolute atomic E-state index is 0.0708. The highest BCUT2D eigenvalue weighted by atomic mass is 19.1. The van der Waals surface area contributed by atoms with Crippen LogP contribution in [-0.2, 0) is 38.0 Å². The number of rotatable bonds is 7. The van der Waals surface area contributed by atoms with Crippen molar-refractivity contribution in [2.45, 2.75) is 191 Å². The summed E-state index contributed by atoms with van der Waals surface area (Å²) in [6.45, 7) is 15.6. The van der Waals surface area contributed by atoms with Gasteiger partial charge < -0.3 is 63.6 Å². The molecule has 14 nitrogen and oxygen atoms in total. The molecule has 4 rings (SSSR count). The first-order valence-corrected chi connectivity index (χ1v) is 18.7. The van der Waals surface area contributed by atoms with Crippen LogP contribution in [0.25, 0.3) is 0 Å². The van der Waals surface area contributed by atoms with Gasteiger partial charge >= 0.3 is 5.97 Å². The molecule has 4 heterocycles. The van der Waals surface area contributed by atoms with Crippen LogP contribution in [0.5, 0.6) is 0 Å². The molecule has 15 heteroatoms. The fourth-order valence-corrected chi connectivity index (χ4v) is 9.18. The standard InChI is InChI=1S/C37H66FNO13/c1-14-24-36(10,44)28(41)21(5)37(45)35(9,38)17-34(8,52-37)30(51-32-26(40)23(39(11)12)15-18(2)47-32)19(3)27(20(4)31(43)49-24)50-25-16-33(7,46-13)29(42)22(6)48-25/h18-30,32,40-42,44-45H,14-17H2,1-13H3/t18-,19+,20-,21-,22+,23+,24-,25?,26-,27+,28-,29+,30-,32+,33-,34-,35+,36-,37-/m1/s1. The third-order valence-electron chi connectivity index (χ3n) is 12.6. The molecule has 1 unspecified atom stereocenters. The van der Waals surface area contributed by atoms with E-state index in [2.05, 4.69) is 0 Å². The van der Waals surface area contributed by atoms with Crippen molar-refractivity contribution in [3.8, 4) is 0 Å². The van der Waals surface area contributed by atoms with Crippen molar-refractivity contribution in [2.24, 2.45) is 17.8 Å². The summed E-state index contributed by atoms with van der Waals surface area (Å²) in [5.74, 6) is -6.86. The smallest absolute Gasteiger partial charge is 0.311 e. The molecule has 4 aliphatic rings. The number of hydrogen-bond acceptors (Lipinski definition) is 14. The molecule has 19 atom stereocenters. The lowest BCUT2D eigenvalue weighted by Crippen LogP contribution is -2.62. The molecule has 304 valence electrons. The van der Waals surface area contributed by atoms with Crippen LogP contribution in [0.1, 0.15) is 94.9 Å². The molecule has 2 bridgehead atoms. The highest BCUT2D eigenvalue weighted by Gasteiger charge is 2.70. The van der Waals surface area contributed by atoms with Crippen molar-refractivity contribution in [3.05, 3.63) is 0 Å². The molecular formula is C37H66FNO13. The van der Waals surface area contributed by atoms with Gasteiger partial charge in [0.15, 0.2) is 18.2 Å². The lowest BCUT2D eigenvalue weighted by Gasteiger charge is -2.48. The number of cyclic esters (lactones) is 1. The van der Waals surface area contributed by atoms with Crippen molar-refractivity contribution >= 4 is 5.97 Å². The van der Waals surface area contributed by atoms with Gasteiger partial charge in [-0.25, -0.2) is 4.39 Å². The van der Waals surface area contributed by atoms with Gasteiger partial charge in [0, 0.05) is 37.8 Å². The number of alkyl halides is 1. The Balaban J connectivity index is 1.90. The first-order valence-electron chi connectivity index (χ1n) is 18.7. The largest absolute Gasteiger partial charge is 0.459 e. The lowest BCUT2D eigenvalue weighted by molar-refractivity contribution is -0.345. The number of fused-ring (bicyclic) bond motifs is 2. The molecule has 52 heavy (non-hydrogen) atoms. The molecule has 0 radical (unpaired) electrons. The summed E-state index contributed by atoms with van der Waals surface area (Å²) in [7, 11) is 5.14. The molecule has 0 saturated carbocycles. The van der Waals surface area contributed by atoms with Gasteiger partial charge in [0.25, 0.3) is 0 Å². The van der Waals surface area contributed by atoms with E-state index in [1.165, 1.54) is 27.9 Å². The van der Waals surface area contributed by atoms with Crippen molar-refractivity contribution in [2.75, 3.05) is 21.2 Å². The van der Waals surface area contributed by atoms with E-state index in [9.17, 15) is 30.3 Å². The first-order chi connectivity index (χ1) is 23.8. The van der Waals surface area contributed by atoms with Crippen LogP contribution < -0.4 is 0 Å². The zero-order chi connectivity index (χ0) is 39.5. The molecule has 4 saturated heterocycles. The molecule has 0 aliphatic carbocycles. The van der Waals surface area contributed by atoms with Crippen LogP contribution in [0.15, 0.2) is 0 Å². The predicted molar refractivity (Wildman–Crippen MR) is 185 cm³/mol. The Hall–Kier alpha value is -1.08. The van der Waals surface area contributed by atoms with Gasteiger partial charge in [-0.05, 0) is 75.4 Å². The Morgan fingerprint density at radius 2 is 1.58 bits per heavy atom. The molecular weight excluding hydrogens is 685 g/mol. The average molecular weight is 752 g/mol. The topological polar surface area (TPSA) is 186 Å². The summed E-state index contributed by atoms with van der Waals surface area (Å²) in [5.41, 5.74) is -7.43. The van der Waals surface area contributed by atoms with Gasteiger partial charge in [-0.1, -0.05) is 20.8 Å². The summed E-state index contributed by atoms with van der Waals surface area (Å²) in [5, 5.41) is 58.0. The van der Waals surface area contributed by atoms with Crippen molar-refractivity contribution in [3.63, 3.8) is 0 Å². The van der Waals surface area contributed by atoms with Gasteiger partial charge in [0.2, 0.25) is 5.79 Å². The molecule has 0 spiro atoms. The molecule has 0 amide bonds. The van der Waals surface area contributed by atoms with Gasteiger partial charge in [0.05, 0.1) is 47.6 Å². The van der Waals surface area contributed by atoms with Crippen LogP contribution in [0.3, 0.4) is 0 Å². The maximum Gasteiger partial charge on any atom is 0.311 e. The summed E-state index contributed by atoms with van der Waals surface area (Å²) < 4.78 is 60.8. The predicted octanol–water partition coefficient (Wildman–Crippen LogP) is 2.04. The second-order valence-corrected chi connectivity index (χ2v) is 17.1. The monoisotopic (exact) mass is 751 g/mol.